The van der Waals surface area contributed by atoms with Gasteiger partial charge < -0.3 is 5.32 Å². The third-order valence-corrected chi connectivity index (χ3v) is 1.96. The summed E-state index contributed by atoms with van der Waals surface area (Å²) in [4.78, 5) is 0. The summed E-state index contributed by atoms with van der Waals surface area (Å²) in [5, 5.41) is 2.65. The Kier molecular flexibility index (Phi) is 3.66. The predicted molar refractivity (Wildman–Crippen MR) is 53.4 cm³/mol. The highest BCUT2D eigenvalue weighted by molar-refractivity contribution is 9.10. The predicted octanol–water partition coefficient (Wildman–Crippen LogP) is 3.43. The largest absolute Gasteiger partial charge is 0.379 e. The number of anilines is 1. The van der Waals surface area contributed by atoms with Gasteiger partial charge in [-0.25, -0.2) is 8.78 Å². The fourth-order valence-electron chi connectivity index (χ4n) is 1.03. The minimum Gasteiger partial charge on any atom is -0.379 e. The van der Waals surface area contributed by atoms with Gasteiger partial charge in [0.15, 0.2) is 0 Å². The van der Waals surface area contributed by atoms with Gasteiger partial charge in [0.1, 0.15) is 0 Å². The molecule has 0 aliphatic heterocycles. The number of aryl methyl sites for hydroxylation is 1. The van der Waals surface area contributed by atoms with Gasteiger partial charge in [-0.3, -0.25) is 0 Å². The van der Waals surface area contributed by atoms with Gasteiger partial charge in [0.05, 0.1) is 6.54 Å². The van der Waals surface area contributed by atoms with Crippen LogP contribution in [0.4, 0.5) is 14.5 Å². The van der Waals surface area contributed by atoms with E-state index in [1.54, 1.807) is 6.07 Å². The van der Waals surface area contributed by atoms with Crippen LogP contribution in [0.15, 0.2) is 22.7 Å². The second kappa shape index (κ2) is 4.56. The Morgan fingerprint density at radius 2 is 2.08 bits per heavy atom. The highest BCUT2D eigenvalue weighted by atomic mass is 79.9. The van der Waals surface area contributed by atoms with E-state index < -0.39 is 6.43 Å². The zero-order valence-electron chi connectivity index (χ0n) is 7.15. The van der Waals surface area contributed by atoms with Crippen molar-refractivity contribution in [1.82, 2.24) is 0 Å². The van der Waals surface area contributed by atoms with Crippen molar-refractivity contribution in [2.45, 2.75) is 13.3 Å². The number of benzene rings is 1. The van der Waals surface area contributed by atoms with Gasteiger partial charge >= 0.3 is 0 Å². The molecule has 0 unspecified atom stereocenters. The maximum Gasteiger partial charge on any atom is 0.255 e. The van der Waals surface area contributed by atoms with Gasteiger partial charge in [-0.1, -0.05) is 15.9 Å². The number of hydrogen-bond donors (Lipinski definition) is 1. The number of alkyl halides is 2. The van der Waals surface area contributed by atoms with Crippen LogP contribution in [-0.2, 0) is 0 Å². The summed E-state index contributed by atoms with van der Waals surface area (Å²) < 4.78 is 24.6. The lowest BCUT2D eigenvalue weighted by Gasteiger charge is -2.06. The SMILES string of the molecule is Cc1cc(Br)cc(NCC(F)F)c1. The summed E-state index contributed by atoms with van der Waals surface area (Å²) in [6, 6.07) is 5.52. The molecule has 0 saturated carbocycles. The molecule has 0 spiro atoms. The van der Waals surface area contributed by atoms with E-state index >= 15 is 0 Å². The third kappa shape index (κ3) is 3.72. The summed E-state index contributed by atoms with van der Waals surface area (Å²) in [6.07, 6.45) is -2.32. The van der Waals surface area contributed by atoms with Crippen LogP contribution in [0.3, 0.4) is 0 Å². The number of nitrogens with one attached hydrogen (secondary N) is 1. The van der Waals surface area contributed by atoms with Crippen LogP contribution in [0.5, 0.6) is 0 Å². The number of rotatable bonds is 3. The summed E-state index contributed by atoms with van der Waals surface area (Å²) >= 11 is 3.29. The van der Waals surface area contributed by atoms with Gasteiger partial charge in [-0.15, -0.1) is 0 Å². The summed E-state index contributed by atoms with van der Waals surface area (Å²) in [6.45, 7) is 1.61. The van der Waals surface area contributed by atoms with Crippen LogP contribution in [0.1, 0.15) is 5.56 Å². The molecule has 0 fully saturated rings. The molecule has 0 radical (unpaired) electrons. The van der Waals surface area contributed by atoms with Crippen molar-refractivity contribution in [2.75, 3.05) is 11.9 Å². The average molecular weight is 250 g/mol. The van der Waals surface area contributed by atoms with Crippen molar-refractivity contribution in [2.24, 2.45) is 0 Å². The Bertz CT molecular complexity index is 269. The second-order valence-electron chi connectivity index (χ2n) is 2.79. The molecule has 4 heteroatoms. The molecule has 0 aliphatic rings. The van der Waals surface area contributed by atoms with Gasteiger partial charge in [-0.05, 0) is 30.7 Å². The maximum atomic E-state index is 11.8. The smallest absolute Gasteiger partial charge is 0.255 e. The van der Waals surface area contributed by atoms with Gasteiger partial charge in [0.25, 0.3) is 6.43 Å². The van der Waals surface area contributed by atoms with E-state index in [0.29, 0.717) is 5.69 Å². The Labute approximate surface area is 84.3 Å². The van der Waals surface area contributed by atoms with Crippen molar-refractivity contribution in [3.63, 3.8) is 0 Å². The van der Waals surface area contributed by atoms with Crippen LogP contribution >= 0.6 is 15.9 Å². The molecule has 0 aromatic heterocycles. The molecule has 1 aromatic rings. The Balaban J connectivity index is 2.66. The Morgan fingerprint density at radius 1 is 1.38 bits per heavy atom. The monoisotopic (exact) mass is 249 g/mol. The topological polar surface area (TPSA) is 12.0 Å². The molecule has 1 rings (SSSR count). The van der Waals surface area contributed by atoms with E-state index in [1.807, 2.05) is 19.1 Å². The van der Waals surface area contributed by atoms with E-state index in [4.69, 9.17) is 0 Å². The van der Waals surface area contributed by atoms with E-state index in [-0.39, 0.29) is 6.54 Å². The molecule has 0 amide bonds. The summed E-state index contributed by atoms with van der Waals surface area (Å²) in [5.41, 5.74) is 1.75. The first-order chi connectivity index (χ1) is 6.08. The van der Waals surface area contributed by atoms with E-state index in [2.05, 4.69) is 21.2 Å². The van der Waals surface area contributed by atoms with E-state index in [1.165, 1.54) is 0 Å². The minimum atomic E-state index is -2.32. The minimum absolute atomic E-state index is 0.310. The number of hydrogen-bond acceptors (Lipinski definition) is 1. The van der Waals surface area contributed by atoms with E-state index in [9.17, 15) is 8.78 Å². The molecule has 0 atom stereocenters. The molecule has 1 nitrogen and oxygen atoms in total. The highest BCUT2D eigenvalue weighted by Gasteiger charge is 2.02. The third-order valence-electron chi connectivity index (χ3n) is 1.50. The van der Waals surface area contributed by atoms with Gasteiger partial charge in [0, 0.05) is 10.2 Å². The molecule has 0 heterocycles. The summed E-state index contributed by atoms with van der Waals surface area (Å²) in [7, 11) is 0. The fourth-order valence-corrected chi connectivity index (χ4v) is 1.64. The number of halogens is 3. The van der Waals surface area contributed by atoms with Gasteiger partial charge in [0.2, 0.25) is 0 Å². The lowest BCUT2D eigenvalue weighted by molar-refractivity contribution is 0.163. The lowest BCUT2D eigenvalue weighted by Crippen LogP contribution is -2.10. The Hall–Kier alpha value is -0.640. The van der Waals surface area contributed by atoms with Crippen molar-refractivity contribution >= 4 is 21.6 Å². The molecule has 0 bridgehead atoms. The normalized spacial score (nSPS) is 10.5. The average Bonchev–Trinajstić information content (AvgIpc) is 1.99. The van der Waals surface area contributed by atoms with Crippen molar-refractivity contribution in [3.05, 3.63) is 28.2 Å². The molecule has 13 heavy (non-hydrogen) atoms. The molecule has 1 N–H and O–H groups in total. The zero-order chi connectivity index (χ0) is 9.84. The highest BCUT2D eigenvalue weighted by Crippen LogP contribution is 2.19. The fraction of sp³-hybridized carbons (Fsp3) is 0.333. The van der Waals surface area contributed by atoms with Crippen LogP contribution in [0, 0.1) is 6.92 Å². The first-order valence-electron chi connectivity index (χ1n) is 3.87. The quantitative estimate of drug-likeness (QED) is 0.866. The van der Waals surface area contributed by atoms with Crippen molar-refractivity contribution in [3.8, 4) is 0 Å². The van der Waals surface area contributed by atoms with E-state index in [0.717, 1.165) is 10.0 Å². The Morgan fingerprint density at radius 3 is 2.62 bits per heavy atom. The second-order valence-corrected chi connectivity index (χ2v) is 3.70. The van der Waals surface area contributed by atoms with Gasteiger partial charge in [-0.2, -0.15) is 0 Å². The van der Waals surface area contributed by atoms with Crippen molar-refractivity contribution < 1.29 is 8.78 Å². The first kappa shape index (κ1) is 10.4. The molecule has 1 aromatic carbocycles. The maximum absolute atomic E-state index is 11.8. The van der Waals surface area contributed by atoms with Crippen LogP contribution in [0.2, 0.25) is 0 Å². The first-order valence-corrected chi connectivity index (χ1v) is 4.66. The molecule has 0 saturated heterocycles. The standard InChI is InChI=1S/C9H10BrF2N/c1-6-2-7(10)4-8(3-6)13-5-9(11)12/h2-4,9,13H,5H2,1H3. The zero-order valence-corrected chi connectivity index (χ0v) is 8.74. The molecule has 0 aliphatic carbocycles. The molecule has 72 valence electrons. The molecular weight excluding hydrogens is 240 g/mol. The van der Waals surface area contributed by atoms with Crippen LogP contribution in [-0.4, -0.2) is 13.0 Å². The lowest BCUT2D eigenvalue weighted by atomic mass is 10.2. The summed E-state index contributed by atoms with van der Waals surface area (Å²) in [5.74, 6) is 0. The van der Waals surface area contributed by atoms with Crippen LogP contribution < -0.4 is 5.32 Å². The molecular formula is C9H10BrF2N. The van der Waals surface area contributed by atoms with Crippen LogP contribution in [0.25, 0.3) is 0 Å². The van der Waals surface area contributed by atoms with Crippen molar-refractivity contribution in [1.29, 1.82) is 0 Å².